The predicted molar refractivity (Wildman–Crippen MR) is 85.5 cm³/mol. The molecule has 21 heavy (non-hydrogen) atoms. The van der Waals surface area contributed by atoms with Gasteiger partial charge in [-0.1, -0.05) is 13.3 Å². The number of carbonyl (C=O) groups excluding carboxylic acids is 1. The maximum atomic E-state index is 12.9. The van der Waals surface area contributed by atoms with Crippen molar-refractivity contribution in [2.75, 3.05) is 25.1 Å². The van der Waals surface area contributed by atoms with Crippen LogP contribution in [0.5, 0.6) is 5.75 Å². The molecule has 0 bridgehead atoms. The van der Waals surface area contributed by atoms with Gasteiger partial charge >= 0.3 is 0 Å². The first-order valence-corrected chi connectivity index (χ1v) is 7.83. The first-order chi connectivity index (χ1) is 10.2. The lowest BCUT2D eigenvalue weighted by Gasteiger charge is -2.27. The van der Waals surface area contributed by atoms with E-state index in [9.17, 15) is 4.79 Å². The molecule has 1 fully saturated rings. The zero-order valence-corrected chi connectivity index (χ0v) is 13.0. The molecule has 1 amide bonds. The normalized spacial score (nSPS) is 21.3. The summed E-state index contributed by atoms with van der Waals surface area (Å²) in [4.78, 5) is 14.8. The molecule has 0 aromatic heterocycles. The Labute approximate surface area is 127 Å². The van der Waals surface area contributed by atoms with E-state index in [4.69, 9.17) is 10.5 Å². The van der Waals surface area contributed by atoms with E-state index in [2.05, 4.69) is 6.92 Å². The fourth-order valence-electron chi connectivity index (χ4n) is 3.09. The second kappa shape index (κ2) is 7.46. The molecule has 116 valence electrons. The highest BCUT2D eigenvalue weighted by atomic mass is 16.5. The number of hydrogen-bond donors (Lipinski definition) is 1. The minimum atomic E-state index is 0.157. The largest absolute Gasteiger partial charge is 0.497 e. The highest BCUT2D eigenvalue weighted by Gasteiger charge is 2.33. The molecule has 2 atom stereocenters. The molecule has 1 aliphatic carbocycles. The number of anilines is 1. The van der Waals surface area contributed by atoms with Crippen molar-refractivity contribution in [3.63, 3.8) is 0 Å². The molecule has 0 spiro atoms. The number of rotatable bonds is 6. The molecule has 0 heterocycles. The summed E-state index contributed by atoms with van der Waals surface area (Å²) in [5, 5.41) is 0. The van der Waals surface area contributed by atoms with Crippen LogP contribution in [0.25, 0.3) is 0 Å². The van der Waals surface area contributed by atoms with Crippen molar-refractivity contribution in [1.82, 2.24) is 0 Å². The van der Waals surface area contributed by atoms with Crippen LogP contribution in [0.4, 0.5) is 5.69 Å². The van der Waals surface area contributed by atoms with Crippen LogP contribution in [-0.4, -0.2) is 26.1 Å². The Bertz CT molecular complexity index is 458. The Morgan fingerprint density at radius 2 is 2.05 bits per heavy atom. The van der Waals surface area contributed by atoms with Gasteiger partial charge in [0.2, 0.25) is 5.91 Å². The second-order valence-electron chi connectivity index (χ2n) is 5.84. The third-order valence-electron chi connectivity index (χ3n) is 4.41. The molecular weight excluding hydrogens is 264 g/mol. The van der Waals surface area contributed by atoms with E-state index in [1.165, 1.54) is 0 Å². The lowest BCUT2D eigenvalue weighted by molar-refractivity contribution is -0.123. The van der Waals surface area contributed by atoms with Gasteiger partial charge in [0, 0.05) is 18.2 Å². The highest BCUT2D eigenvalue weighted by molar-refractivity contribution is 5.95. The molecule has 2 N–H and O–H groups in total. The Hall–Kier alpha value is -1.55. The zero-order valence-electron chi connectivity index (χ0n) is 13.0. The van der Waals surface area contributed by atoms with Gasteiger partial charge in [-0.15, -0.1) is 0 Å². The molecule has 4 heteroatoms. The van der Waals surface area contributed by atoms with Crippen molar-refractivity contribution in [3.05, 3.63) is 24.3 Å². The standard InChI is InChI=1S/C17H26N2O2/c1-13-5-3-6-16(13)17(20)19(12-4-11-18)14-7-9-15(21-2)10-8-14/h7-10,13,16H,3-6,11-12,18H2,1-2H3. The van der Waals surface area contributed by atoms with Crippen LogP contribution in [0.15, 0.2) is 24.3 Å². The number of hydrogen-bond acceptors (Lipinski definition) is 3. The summed E-state index contributed by atoms with van der Waals surface area (Å²) >= 11 is 0. The van der Waals surface area contributed by atoms with E-state index in [1.54, 1.807) is 7.11 Å². The highest BCUT2D eigenvalue weighted by Crippen LogP contribution is 2.34. The first-order valence-electron chi connectivity index (χ1n) is 7.83. The van der Waals surface area contributed by atoms with Gasteiger partial charge < -0.3 is 15.4 Å². The topological polar surface area (TPSA) is 55.6 Å². The van der Waals surface area contributed by atoms with Crippen molar-refractivity contribution in [2.45, 2.75) is 32.6 Å². The molecule has 4 nitrogen and oxygen atoms in total. The quantitative estimate of drug-likeness (QED) is 0.876. The van der Waals surface area contributed by atoms with E-state index in [-0.39, 0.29) is 11.8 Å². The maximum absolute atomic E-state index is 12.9. The van der Waals surface area contributed by atoms with Gasteiger partial charge in [0.05, 0.1) is 7.11 Å². The first kappa shape index (κ1) is 15.8. The zero-order chi connectivity index (χ0) is 15.2. The van der Waals surface area contributed by atoms with Gasteiger partial charge in [0.1, 0.15) is 5.75 Å². The average Bonchev–Trinajstić information content (AvgIpc) is 2.94. The van der Waals surface area contributed by atoms with Crippen molar-refractivity contribution in [1.29, 1.82) is 0 Å². The molecule has 0 saturated heterocycles. The Morgan fingerprint density at radius 3 is 2.57 bits per heavy atom. The third-order valence-corrected chi connectivity index (χ3v) is 4.41. The van der Waals surface area contributed by atoms with Crippen LogP contribution < -0.4 is 15.4 Å². The molecule has 1 aliphatic rings. The number of methoxy groups -OCH3 is 1. The van der Waals surface area contributed by atoms with Crippen LogP contribution in [0.2, 0.25) is 0 Å². The monoisotopic (exact) mass is 290 g/mol. The lowest BCUT2D eigenvalue weighted by Crippen LogP contribution is -2.38. The van der Waals surface area contributed by atoms with Crippen LogP contribution in [0.1, 0.15) is 32.6 Å². The third kappa shape index (κ3) is 3.76. The van der Waals surface area contributed by atoms with Crippen molar-refractivity contribution in [2.24, 2.45) is 17.6 Å². The summed E-state index contributed by atoms with van der Waals surface area (Å²) in [5.74, 6) is 1.69. The van der Waals surface area contributed by atoms with Gasteiger partial charge in [0.25, 0.3) is 0 Å². The summed E-state index contributed by atoms with van der Waals surface area (Å²) in [6, 6.07) is 7.70. The molecule has 0 radical (unpaired) electrons. The van der Waals surface area contributed by atoms with Gasteiger partial charge in [-0.2, -0.15) is 0 Å². The summed E-state index contributed by atoms with van der Waals surface area (Å²) in [5.41, 5.74) is 6.56. The molecular formula is C17H26N2O2. The van der Waals surface area contributed by atoms with Crippen molar-refractivity contribution < 1.29 is 9.53 Å². The van der Waals surface area contributed by atoms with Crippen LogP contribution in [0, 0.1) is 11.8 Å². The summed E-state index contributed by atoms with van der Waals surface area (Å²) in [6.45, 7) is 3.47. The fourth-order valence-corrected chi connectivity index (χ4v) is 3.09. The number of nitrogens with two attached hydrogens (primary N) is 1. The molecule has 1 aromatic carbocycles. The Morgan fingerprint density at radius 1 is 1.33 bits per heavy atom. The predicted octanol–water partition coefficient (Wildman–Crippen LogP) is 2.81. The van der Waals surface area contributed by atoms with Crippen molar-refractivity contribution >= 4 is 11.6 Å². The van der Waals surface area contributed by atoms with Crippen LogP contribution in [-0.2, 0) is 4.79 Å². The SMILES string of the molecule is COc1ccc(N(CCCN)C(=O)C2CCCC2C)cc1. The van der Waals surface area contributed by atoms with Gasteiger partial charge in [-0.05, 0) is 56.0 Å². The van der Waals surface area contributed by atoms with E-state index < -0.39 is 0 Å². The summed E-state index contributed by atoms with van der Waals surface area (Å²) in [6.07, 6.45) is 4.14. The Balaban J connectivity index is 2.17. The molecule has 2 rings (SSSR count). The number of ether oxygens (including phenoxy) is 1. The number of nitrogens with zero attached hydrogens (tertiary/aromatic N) is 1. The van der Waals surface area contributed by atoms with Crippen LogP contribution in [0.3, 0.4) is 0 Å². The minimum absolute atomic E-state index is 0.157. The molecule has 0 aliphatic heterocycles. The van der Waals surface area contributed by atoms with Gasteiger partial charge in [-0.3, -0.25) is 4.79 Å². The average molecular weight is 290 g/mol. The maximum Gasteiger partial charge on any atom is 0.230 e. The number of carbonyl (C=O) groups is 1. The Kier molecular flexibility index (Phi) is 5.62. The summed E-state index contributed by atoms with van der Waals surface area (Å²) in [7, 11) is 1.65. The fraction of sp³-hybridized carbons (Fsp3) is 0.588. The van der Waals surface area contributed by atoms with Crippen LogP contribution >= 0.6 is 0 Å². The van der Waals surface area contributed by atoms with E-state index in [1.807, 2.05) is 29.2 Å². The molecule has 1 saturated carbocycles. The van der Waals surface area contributed by atoms with Crippen molar-refractivity contribution in [3.8, 4) is 5.75 Å². The number of benzene rings is 1. The lowest BCUT2D eigenvalue weighted by atomic mass is 9.96. The second-order valence-corrected chi connectivity index (χ2v) is 5.84. The molecule has 1 aromatic rings. The summed E-state index contributed by atoms with van der Waals surface area (Å²) < 4.78 is 5.18. The minimum Gasteiger partial charge on any atom is -0.497 e. The van der Waals surface area contributed by atoms with Gasteiger partial charge in [0.15, 0.2) is 0 Å². The van der Waals surface area contributed by atoms with E-state index >= 15 is 0 Å². The van der Waals surface area contributed by atoms with E-state index in [0.29, 0.717) is 19.0 Å². The smallest absolute Gasteiger partial charge is 0.230 e. The van der Waals surface area contributed by atoms with Gasteiger partial charge in [-0.25, -0.2) is 0 Å². The van der Waals surface area contributed by atoms with E-state index in [0.717, 1.165) is 37.1 Å². The molecule has 2 unspecified atom stereocenters. The number of amides is 1.